The molecule has 3 rings (SSSR count). The highest BCUT2D eigenvalue weighted by Gasteiger charge is 2.26. The number of fused-ring (bicyclic) bond motifs is 1. The van der Waals surface area contributed by atoms with Crippen molar-refractivity contribution < 1.29 is 0 Å². The molecule has 0 amide bonds. The second-order valence-electron chi connectivity index (χ2n) is 10.1. The summed E-state index contributed by atoms with van der Waals surface area (Å²) in [6.45, 7) is 15.2. The van der Waals surface area contributed by atoms with Crippen LogP contribution in [0.25, 0.3) is 0 Å². The maximum absolute atomic E-state index is 3.95. The molecule has 3 aliphatic rings. The van der Waals surface area contributed by atoms with Crippen LogP contribution in [0.4, 0.5) is 0 Å². The zero-order valence-electron chi connectivity index (χ0n) is 20.0. The first kappa shape index (κ1) is 24.0. The van der Waals surface area contributed by atoms with Gasteiger partial charge in [0.05, 0.1) is 0 Å². The molecule has 4 heteroatoms. The Labute approximate surface area is 186 Å². The lowest BCUT2D eigenvalue weighted by Gasteiger charge is -2.37. The van der Waals surface area contributed by atoms with Crippen LogP contribution in [0.1, 0.15) is 65.7 Å². The van der Waals surface area contributed by atoms with Crippen LogP contribution in [0.15, 0.2) is 24.3 Å². The van der Waals surface area contributed by atoms with Crippen molar-refractivity contribution in [2.24, 2.45) is 11.8 Å². The Bertz CT molecular complexity index is 529. The van der Waals surface area contributed by atoms with E-state index >= 15 is 0 Å². The fourth-order valence-electron chi connectivity index (χ4n) is 5.58. The molecular weight excluding hydrogens is 368 g/mol. The van der Waals surface area contributed by atoms with Gasteiger partial charge in [0, 0.05) is 50.8 Å². The first-order chi connectivity index (χ1) is 14.7. The Kier molecular flexibility index (Phi) is 10.4. The van der Waals surface area contributed by atoms with E-state index in [9.17, 15) is 0 Å². The Balaban J connectivity index is 1.46. The summed E-state index contributed by atoms with van der Waals surface area (Å²) in [7, 11) is 0. The van der Waals surface area contributed by atoms with Crippen LogP contribution in [0, 0.1) is 11.8 Å². The summed E-state index contributed by atoms with van der Waals surface area (Å²) in [4.78, 5) is 5.27. The number of piperazine rings is 1. The molecule has 2 aliphatic heterocycles. The average molecular weight is 417 g/mol. The Morgan fingerprint density at radius 1 is 1.07 bits per heavy atom. The monoisotopic (exact) mass is 416 g/mol. The standard InChI is InChI=1S/C26H48N4/c1-4-29-18-8-6-5-7-10-23-11-9-12-25(14-13-24(23)20-29)27-16-15-26-21-30(22(2)3)19-17-28-26/h6-8,10,22-28H,4-5,9,11-21H2,1-3H3/b8-6-,10-7?/t23?,24?,25-,26?/m0/s1. The molecule has 172 valence electrons. The van der Waals surface area contributed by atoms with Crippen molar-refractivity contribution in [1.82, 2.24) is 20.4 Å². The van der Waals surface area contributed by atoms with Crippen LogP contribution >= 0.6 is 0 Å². The second-order valence-corrected chi connectivity index (χ2v) is 10.1. The van der Waals surface area contributed by atoms with Crippen LogP contribution in [-0.2, 0) is 0 Å². The Morgan fingerprint density at radius 2 is 1.97 bits per heavy atom. The zero-order valence-corrected chi connectivity index (χ0v) is 20.0. The van der Waals surface area contributed by atoms with E-state index in [-0.39, 0.29) is 0 Å². The smallest absolute Gasteiger partial charge is 0.0207 e. The summed E-state index contributed by atoms with van der Waals surface area (Å²) in [5, 5.41) is 7.69. The third-order valence-electron chi connectivity index (χ3n) is 7.65. The molecule has 4 nitrogen and oxygen atoms in total. The molecular formula is C26H48N4. The van der Waals surface area contributed by atoms with Crippen LogP contribution in [0.2, 0.25) is 0 Å². The van der Waals surface area contributed by atoms with Crippen molar-refractivity contribution in [3.8, 4) is 0 Å². The van der Waals surface area contributed by atoms with Gasteiger partial charge in [0.2, 0.25) is 0 Å². The summed E-state index contributed by atoms with van der Waals surface area (Å²) in [5.41, 5.74) is 0. The van der Waals surface area contributed by atoms with Crippen molar-refractivity contribution in [3.05, 3.63) is 24.3 Å². The van der Waals surface area contributed by atoms with Gasteiger partial charge in [-0.05, 0) is 77.3 Å². The molecule has 1 saturated heterocycles. The van der Waals surface area contributed by atoms with Gasteiger partial charge in [0.25, 0.3) is 0 Å². The van der Waals surface area contributed by atoms with Gasteiger partial charge >= 0.3 is 0 Å². The minimum absolute atomic E-state index is 0.654. The highest BCUT2D eigenvalue weighted by atomic mass is 15.2. The van der Waals surface area contributed by atoms with Gasteiger partial charge in [0.15, 0.2) is 0 Å². The van der Waals surface area contributed by atoms with E-state index < -0.39 is 0 Å². The molecule has 0 aromatic carbocycles. The number of hydrogen-bond acceptors (Lipinski definition) is 4. The van der Waals surface area contributed by atoms with Gasteiger partial charge in [-0.3, -0.25) is 9.80 Å². The minimum Gasteiger partial charge on any atom is -0.314 e. The number of likely N-dealkylation sites (N-methyl/N-ethyl adjacent to an activating group) is 1. The van der Waals surface area contributed by atoms with E-state index in [1.54, 1.807) is 0 Å². The topological polar surface area (TPSA) is 30.5 Å². The van der Waals surface area contributed by atoms with Crippen molar-refractivity contribution in [1.29, 1.82) is 0 Å². The van der Waals surface area contributed by atoms with E-state index in [2.05, 4.69) is 65.5 Å². The molecule has 0 aromatic heterocycles. The molecule has 1 saturated carbocycles. The van der Waals surface area contributed by atoms with Crippen molar-refractivity contribution >= 4 is 0 Å². The molecule has 0 bridgehead atoms. The summed E-state index contributed by atoms with van der Waals surface area (Å²) in [6, 6.07) is 2.04. The molecule has 0 spiro atoms. The molecule has 4 atom stereocenters. The first-order valence-corrected chi connectivity index (χ1v) is 12.9. The lowest BCUT2D eigenvalue weighted by atomic mass is 9.79. The lowest BCUT2D eigenvalue weighted by Crippen LogP contribution is -2.53. The third-order valence-corrected chi connectivity index (χ3v) is 7.65. The van der Waals surface area contributed by atoms with Crippen LogP contribution < -0.4 is 10.6 Å². The third kappa shape index (κ3) is 7.78. The number of nitrogens with zero attached hydrogens (tertiary/aromatic N) is 2. The van der Waals surface area contributed by atoms with Gasteiger partial charge < -0.3 is 10.6 Å². The SMILES string of the molecule is CCN1C/C=C\CC=CC2CCC[C@H](NCCC3CN(C(C)C)CCN3)CCC2C1. The highest BCUT2D eigenvalue weighted by molar-refractivity contribution is 5.00. The molecule has 0 aromatic rings. The molecule has 2 N–H and O–H groups in total. The van der Waals surface area contributed by atoms with Crippen LogP contribution in [0.5, 0.6) is 0 Å². The Hall–Kier alpha value is -0.680. The maximum atomic E-state index is 3.95. The number of rotatable bonds is 6. The zero-order chi connectivity index (χ0) is 21.2. The molecule has 0 radical (unpaired) electrons. The molecule has 2 heterocycles. The first-order valence-electron chi connectivity index (χ1n) is 12.9. The predicted octanol–water partition coefficient (Wildman–Crippen LogP) is 4.05. The Morgan fingerprint density at radius 3 is 2.80 bits per heavy atom. The summed E-state index contributed by atoms with van der Waals surface area (Å²) in [5.74, 6) is 1.59. The van der Waals surface area contributed by atoms with Gasteiger partial charge in [-0.15, -0.1) is 0 Å². The van der Waals surface area contributed by atoms with Gasteiger partial charge in [-0.2, -0.15) is 0 Å². The van der Waals surface area contributed by atoms with Gasteiger partial charge in [0.1, 0.15) is 0 Å². The average Bonchev–Trinajstić information content (AvgIpc) is 2.74. The quantitative estimate of drug-likeness (QED) is 0.640. The number of nitrogens with one attached hydrogen (secondary N) is 2. The summed E-state index contributed by atoms with van der Waals surface area (Å²) >= 11 is 0. The van der Waals surface area contributed by atoms with E-state index in [1.165, 1.54) is 64.7 Å². The number of allylic oxidation sites excluding steroid dienone is 3. The predicted molar refractivity (Wildman–Crippen MR) is 130 cm³/mol. The normalized spacial score (nSPS) is 33.6. The summed E-state index contributed by atoms with van der Waals surface area (Å²) in [6.07, 6.45) is 18.8. The largest absolute Gasteiger partial charge is 0.314 e. The van der Waals surface area contributed by atoms with E-state index in [4.69, 9.17) is 0 Å². The van der Waals surface area contributed by atoms with E-state index in [1.807, 2.05) is 0 Å². The lowest BCUT2D eigenvalue weighted by molar-refractivity contribution is 0.156. The maximum Gasteiger partial charge on any atom is 0.0207 e. The highest BCUT2D eigenvalue weighted by Crippen LogP contribution is 2.30. The van der Waals surface area contributed by atoms with Crippen molar-refractivity contribution in [3.63, 3.8) is 0 Å². The molecule has 2 fully saturated rings. The van der Waals surface area contributed by atoms with Gasteiger partial charge in [-0.25, -0.2) is 0 Å². The van der Waals surface area contributed by atoms with Crippen molar-refractivity contribution in [2.45, 2.75) is 83.8 Å². The van der Waals surface area contributed by atoms with Crippen molar-refractivity contribution in [2.75, 3.05) is 45.8 Å². The number of hydrogen-bond donors (Lipinski definition) is 2. The molecule has 30 heavy (non-hydrogen) atoms. The fraction of sp³-hybridized carbons (Fsp3) is 0.846. The second kappa shape index (κ2) is 13.0. The van der Waals surface area contributed by atoms with E-state index in [0.29, 0.717) is 18.1 Å². The molecule has 1 aliphatic carbocycles. The molecule has 3 unspecified atom stereocenters. The van der Waals surface area contributed by atoms with Crippen LogP contribution in [-0.4, -0.2) is 73.7 Å². The summed E-state index contributed by atoms with van der Waals surface area (Å²) < 4.78 is 0. The van der Waals surface area contributed by atoms with Crippen LogP contribution in [0.3, 0.4) is 0 Å². The fourth-order valence-corrected chi connectivity index (χ4v) is 5.58. The minimum atomic E-state index is 0.654. The van der Waals surface area contributed by atoms with E-state index in [0.717, 1.165) is 37.9 Å². The van der Waals surface area contributed by atoms with Gasteiger partial charge in [-0.1, -0.05) is 37.6 Å².